The van der Waals surface area contributed by atoms with Crippen LogP contribution in [0.15, 0.2) is 36.4 Å². The van der Waals surface area contributed by atoms with Crippen molar-refractivity contribution in [1.82, 2.24) is 0 Å². The second-order valence-electron chi connectivity index (χ2n) is 4.20. The van der Waals surface area contributed by atoms with Gasteiger partial charge < -0.3 is 10.4 Å². The minimum atomic E-state index is -0.0181. The lowest BCUT2D eigenvalue weighted by Gasteiger charge is -2.16. The summed E-state index contributed by atoms with van der Waals surface area (Å²) in [5, 5.41) is 12.8. The molecule has 0 spiro atoms. The van der Waals surface area contributed by atoms with Crippen LogP contribution in [0, 0.1) is 13.8 Å². The first kappa shape index (κ1) is 12.1. The van der Waals surface area contributed by atoms with E-state index in [1.165, 1.54) is 15.3 Å². The monoisotopic (exact) mass is 247 g/mol. The minimum Gasteiger partial charge on any atom is -0.394 e. The van der Waals surface area contributed by atoms with Crippen LogP contribution in [0.3, 0.4) is 0 Å². The predicted molar refractivity (Wildman–Crippen MR) is 73.7 cm³/mol. The SMILES string of the molecule is Cc1cccc(NC(CO)c2ccc(C)s2)c1. The number of hydrogen-bond acceptors (Lipinski definition) is 3. The van der Waals surface area contributed by atoms with E-state index >= 15 is 0 Å². The fraction of sp³-hybridized carbons (Fsp3) is 0.286. The quantitative estimate of drug-likeness (QED) is 0.866. The Morgan fingerprint density at radius 2 is 2.06 bits per heavy atom. The van der Waals surface area contributed by atoms with Gasteiger partial charge in [0.25, 0.3) is 0 Å². The third kappa shape index (κ3) is 3.08. The molecule has 0 fully saturated rings. The van der Waals surface area contributed by atoms with Gasteiger partial charge in [0.1, 0.15) is 0 Å². The molecule has 1 heterocycles. The lowest BCUT2D eigenvalue weighted by atomic mass is 10.2. The van der Waals surface area contributed by atoms with Gasteiger partial charge in [0.2, 0.25) is 0 Å². The molecule has 2 aromatic rings. The van der Waals surface area contributed by atoms with E-state index in [0.29, 0.717) is 0 Å². The molecule has 0 aliphatic heterocycles. The summed E-state index contributed by atoms with van der Waals surface area (Å²) in [4.78, 5) is 2.44. The highest BCUT2D eigenvalue weighted by Gasteiger charge is 2.11. The van der Waals surface area contributed by atoms with E-state index in [9.17, 15) is 5.11 Å². The van der Waals surface area contributed by atoms with Crippen LogP contribution in [-0.2, 0) is 0 Å². The lowest BCUT2D eigenvalue weighted by Crippen LogP contribution is -2.13. The van der Waals surface area contributed by atoms with Crippen LogP contribution < -0.4 is 5.32 Å². The van der Waals surface area contributed by atoms with Gasteiger partial charge in [-0.05, 0) is 43.7 Å². The summed E-state index contributed by atoms with van der Waals surface area (Å²) < 4.78 is 0. The Hall–Kier alpha value is -1.32. The van der Waals surface area contributed by atoms with Crippen LogP contribution >= 0.6 is 11.3 Å². The molecule has 2 nitrogen and oxygen atoms in total. The van der Waals surface area contributed by atoms with E-state index in [1.54, 1.807) is 11.3 Å². The molecule has 0 saturated carbocycles. The average molecular weight is 247 g/mol. The number of rotatable bonds is 4. The largest absolute Gasteiger partial charge is 0.394 e. The fourth-order valence-corrected chi connectivity index (χ4v) is 2.70. The van der Waals surface area contributed by atoms with Crippen molar-refractivity contribution in [3.8, 4) is 0 Å². The number of anilines is 1. The van der Waals surface area contributed by atoms with Crippen LogP contribution in [0.4, 0.5) is 5.69 Å². The van der Waals surface area contributed by atoms with Crippen LogP contribution in [0.2, 0.25) is 0 Å². The first-order valence-electron chi connectivity index (χ1n) is 5.69. The molecule has 1 aromatic carbocycles. The number of aliphatic hydroxyl groups excluding tert-OH is 1. The molecular weight excluding hydrogens is 230 g/mol. The van der Waals surface area contributed by atoms with Gasteiger partial charge in [-0.1, -0.05) is 12.1 Å². The predicted octanol–water partition coefficient (Wildman–Crippen LogP) is 3.51. The molecule has 1 aromatic heterocycles. The van der Waals surface area contributed by atoms with Crippen molar-refractivity contribution in [2.75, 3.05) is 11.9 Å². The summed E-state index contributed by atoms with van der Waals surface area (Å²) in [5.41, 5.74) is 2.27. The van der Waals surface area contributed by atoms with E-state index in [0.717, 1.165) is 5.69 Å². The molecule has 2 rings (SSSR count). The van der Waals surface area contributed by atoms with E-state index in [1.807, 2.05) is 12.1 Å². The van der Waals surface area contributed by atoms with E-state index in [-0.39, 0.29) is 12.6 Å². The first-order valence-corrected chi connectivity index (χ1v) is 6.51. The second kappa shape index (κ2) is 5.34. The summed E-state index contributed by atoms with van der Waals surface area (Å²) in [6.07, 6.45) is 0. The zero-order valence-electron chi connectivity index (χ0n) is 10.1. The van der Waals surface area contributed by atoms with E-state index < -0.39 is 0 Å². The summed E-state index contributed by atoms with van der Waals surface area (Å²) in [6.45, 7) is 4.25. The van der Waals surface area contributed by atoms with Crippen molar-refractivity contribution in [2.45, 2.75) is 19.9 Å². The van der Waals surface area contributed by atoms with Crippen molar-refractivity contribution >= 4 is 17.0 Å². The van der Waals surface area contributed by atoms with Gasteiger partial charge in [0.15, 0.2) is 0 Å². The maximum absolute atomic E-state index is 9.46. The Morgan fingerprint density at radius 3 is 2.65 bits per heavy atom. The molecule has 0 bridgehead atoms. The molecule has 0 aliphatic carbocycles. The second-order valence-corrected chi connectivity index (χ2v) is 5.52. The standard InChI is InChI=1S/C14H17NOS/c1-10-4-3-5-12(8-10)15-13(9-16)14-7-6-11(2)17-14/h3-8,13,15-16H,9H2,1-2H3. The molecule has 0 aliphatic rings. The van der Waals surface area contributed by atoms with Crippen molar-refractivity contribution in [1.29, 1.82) is 0 Å². The highest BCUT2D eigenvalue weighted by atomic mass is 32.1. The summed E-state index contributed by atoms with van der Waals surface area (Å²) in [6, 6.07) is 12.3. The Labute approximate surface area is 106 Å². The van der Waals surface area contributed by atoms with E-state index in [4.69, 9.17) is 0 Å². The number of thiophene rings is 1. The average Bonchev–Trinajstić information content (AvgIpc) is 2.73. The van der Waals surface area contributed by atoms with Crippen LogP contribution in [0.25, 0.3) is 0 Å². The van der Waals surface area contributed by atoms with Crippen molar-refractivity contribution in [3.05, 3.63) is 51.7 Å². The molecular formula is C14H17NOS. The molecule has 2 N–H and O–H groups in total. The number of aliphatic hydroxyl groups is 1. The molecule has 1 unspecified atom stereocenters. The van der Waals surface area contributed by atoms with Gasteiger partial charge in [0.05, 0.1) is 12.6 Å². The molecule has 3 heteroatoms. The zero-order chi connectivity index (χ0) is 12.3. The fourth-order valence-electron chi connectivity index (χ4n) is 1.78. The third-order valence-electron chi connectivity index (χ3n) is 2.65. The van der Waals surface area contributed by atoms with E-state index in [2.05, 4.69) is 43.4 Å². The highest BCUT2D eigenvalue weighted by molar-refractivity contribution is 7.12. The third-order valence-corrected chi connectivity index (χ3v) is 3.76. The Balaban J connectivity index is 2.15. The first-order chi connectivity index (χ1) is 8.19. The molecule has 0 radical (unpaired) electrons. The van der Waals surface area contributed by atoms with Crippen LogP contribution in [0.1, 0.15) is 21.4 Å². The molecule has 17 heavy (non-hydrogen) atoms. The van der Waals surface area contributed by atoms with Gasteiger partial charge in [0, 0.05) is 15.4 Å². The Morgan fingerprint density at radius 1 is 1.24 bits per heavy atom. The Kier molecular flexibility index (Phi) is 3.82. The highest BCUT2D eigenvalue weighted by Crippen LogP contribution is 2.26. The maximum Gasteiger partial charge on any atom is 0.0837 e. The van der Waals surface area contributed by atoms with Gasteiger partial charge in [-0.15, -0.1) is 11.3 Å². The number of nitrogens with one attached hydrogen (secondary N) is 1. The summed E-state index contributed by atoms with van der Waals surface area (Å²) in [7, 11) is 0. The van der Waals surface area contributed by atoms with Crippen molar-refractivity contribution in [3.63, 3.8) is 0 Å². The smallest absolute Gasteiger partial charge is 0.0837 e. The number of aryl methyl sites for hydroxylation is 2. The Bertz CT molecular complexity index is 492. The molecule has 0 saturated heterocycles. The minimum absolute atomic E-state index is 0.0181. The number of benzene rings is 1. The molecule has 1 atom stereocenters. The topological polar surface area (TPSA) is 32.3 Å². The van der Waals surface area contributed by atoms with Crippen LogP contribution in [-0.4, -0.2) is 11.7 Å². The normalized spacial score (nSPS) is 12.4. The van der Waals surface area contributed by atoms with Crippen LogP contribution in [0.5, 0.6) is 0 Å². The van der Waals surface area contributed by atoms with Gasteiger partial charge in [-0.3, -0.25) is 0 Å². The zero-order valence-corrected chi connectivity index (χ0v) is 10.9. The maximum atomic E-state index is 9.46. The van der Waals surface area contributed by atoms with Crippen molar-refractivity contribution in [2.24, 2.45) is 0 Å². The molecule has 90 valence electrons. The van der Waals surface area contributed by atoms with Gasteiger partial charge in [-0.25, -0.2) is 0 Å². The summed E-state index contributed by atoms with van der Waals surface area (Å²) >= 11 is 1.72. The molecule has 0 amide bonds. The van der Waals surface area contributed by atoms with Gasteiger partial charge in [-0.2, -0.15) is 0 Å². The lowest BCUT2D eigenvalue weighted by molar-refractivity contribution is 0.278. The summed E-state index contributed by atoms with van der Waals surface area (Å²) in [5.74, 6) is 0. The van der Waals surface area contributed by atoms with Crippen molar-refractivity contribution < 1.29 is 5.11 Å². The number of hydrogen-bond donors (Lipinski definition) is 2. The van der Waals surface area contributed by atoms with Gasteiger partial charge >= 0.3 is 0 Å².